The molecule has 30 heavy (non-hydrogen) atoms. The molecular weight excluding hydrogens is 408 g/mol. The van der Waals surface area contributed by atoms with Gasteiger partial charge in [-0.05, 0) is 24.3 Å². The van der Waals surface area contributed by atoms with Gasteiger partial charge in [0.25, 0.3) is 10.0 Å². The van der Waals surface area contributed by atoms with Gasteiger partial charge in [0.05, 0.1) is 46.6 Å². The molecule has 0 saturated heterocycles. The van der Waals surface area contributed by atoms with E-state index in [-0.39, 0.29) is 23.7 Å². The Labute approximate surface area is 174 Å². The first-order chi connectivity index (χ1) is 14.4. The summed E-state index contributed by atoms with van der Waals surface area (Å²) >= 11 is 0. The zero-order chi connectivity index (χ0) is 21.7. The Kier molecular flexibility index (Phi) is 6.23. The maximum Gasteiger partial charge on any atom is 0.285 e. The predicted molar refractivity (Wildman–Crippen MR) is 111 cm³/mol. The molecule has 0 amide bonds. The maximum atomic E-state index is 12.4. The fourth-order valence-electron chi connectivity index (χ4n) is 2.96. The second-order valence-corrected chi connectivity index (χ2v) is 7.69. The monoisotopic (exact) mass is 428 g/mol. The largest absolute Gasteiger partial charge is 0.493 e. The number of amidine groups is 1. The van der Waals surface area contributed by atoms with Crippen molar-refractivity contribution in [1.82, 2.24) is 5.01 Å². The van der Waals surface area contributed by atoms with E-state index in [9.17, 15) is 8.42 Å². The molecule has 10 heteroatoms. The topological polar surface area (TPSA) is 114 Å². The van der Waals surface area contributed by atoms with Gasteiger partial charge in [0.2, 0.25) is 5.75 Å². The zero-order valence-corrected chi connectivity index (χ0v) is 17.5. The van der Waals surface area contributed by atoms with Gasteiger partial charge in [0, 0.05) is 11.1 Å². The van der Waals surface area contributed by atoms with Gasteiger partial charge in [-0.3, -0.25) is 0 Å². The van der Waals surface area contributed by atoms with E-state index in [1.807, 2.05) is 6.07 Å². The van der Waals surface area contributed by atoms with Crippen LogP contribution in [0.2, 0.25) is 0 Å². The van der Waals surface area contributed by atoms with E-state index >= 15 is 0 Å². The lowest BCUT2D eigenvalue weighted by Gasteiger charge is -2.18. The van der Waals surface area contributed by atoms with Crippen molar-refractivity contribution in [3.05, 3.63) is 47.5 Å². The molecule has 0 radical (unpaired) electrons. The van der Waals surface area contributed by atoms with Crippen LogP contribution in [-0.4, -0.2) is 53.4 Å². The highest BCUT2D eigenvalue weighted by Crippen LogP contribution is 2.37. The minimum atomic E-state index is -3.81. The molecule has 0 bridgehead atoms. The number of ether oxygens (including phenoxy) is 3. The van der Waals surface area contributed by atoms with Crippen molar-refractivity contribution in [2.45, 2.75) is 11.3 Å². The Morgan fingerprint density at radius 2 is 1.80 bits per heavy atom. The molecule has 0 atom stereocenters. The van der Waals surface area contributed by atoms with Gasteiger partial charge in [-0.15, -0.1) is 4.40 Å². The van der Waals surface area contributed by atoms with Crippen LogP contribution in [0.4, 0.5) is 0 Å². The predicted octanol–water partition coefficient (Wildman–Crippen LogP) is 2.41. The van der Waals surface area contributed by atoms with Crippen LogP contribution in [0.15, 0.2) is 50.8 Å². The fraction of sp³-hybridized carbons (Fsp3) is 0.250. The first kappa shape index (κ1) is 21.1. The van der Waals surface area contributed by atoms with Gasteiger partial charge < -0.3 is 14.2 Å². The van der Waals surface area contributed by atoms with Crippen molar-refractivity contribution in [2.75, 3.05) is 27.9 Å². The van der Waals surface area contributed by atoms with Gasteiger partial charge in [0.15, 0.2) is 17.3 Å². The Bertz CT molecular complexity index is 1130. The number of methoxy groups -OCH3 is 3. The molecule has 0 aliphatic carbocycles. The Morgan fingerprint density at radius 1 is 1.13 bits per heavy atom. The molecule has 0 aromatic heterocycles. The van der Waals surface area contributed by atoms with E-state index in [4.69, 9.17) is 19.5 Å². The maximum absolute atomic E-state index is 12.4. The molecule has 3 rings (SSSR count). The highest BCUT2D eigenvalue weighted by molar-refractivity contribution is 7.90. The zero-order valence-electron chi connectivity index (χ0n) is 16.7. The van der Waals surface area contributed by atoms with Crippen molar-refractivity contribution in [3.63, 3.8) is 0 Å². The highest BCUT2D eigenvalue weighted by Gasteiger charge is 2.31. The summed E-state index contributed by atoms with van der Waals surface area (Å²) in [5.41, 5.74) is 1.07. The lowest BCUT2D eigenvalue weighted by Crippen LogP contribution is -2.27. The first-order valence-electron chi connectivity index (χ1n) is 8.88. The van der Waals surface area contributed by atoms with Crippen LogP contribution < -0.4 is 14.2 Å². The molecule has 2 aromatic rings. The highest BCUT2D eigenvalue weighted by atomic mass is 32.2. The van der Waals surface area contributed by atoms with Crippen molar-refractivity contribution in [1.29, 1.82) is 5.26 Å². The molecule has 0 N–H and O–H groups in total. The van der Waals surface area contributed by atoms with Crippen LogP contribution >= 0.6 is 0 Å². The summed E-state index contributed by atoms with van der Waals surface area (Å²) in [6.45, 7) is 0.167. The van der Waals surface area contributed by atoms with Crippen LogP contribution in [0.5, 0.6) is 17.2 Å². The smallest absolute Gasteiger partial charge is 0.285 e. The molecule has 0 spiro atoms. The standard InChI is InChI=1S/C20H20N4O5S/c1-27-16-11-14(12-17(28-2)19(16)29-3)13-22-24(10-6-9-21)20-15-7-4-5-8-18(15)30(25,26)23-20/h4-5,7-8,11-13H,6,10H2,1-3H3/b22-13+. The first-order valence-corrected chi connectivity index (χ1v) is 10.3. The summed E-state index contributed by atoms with van der Waals surface area (Å²) in [5.74, 6) is 1.52. The van der Waals surface area contributed by atoms with Crippen LogP contribution in [0.1, 0.15) is 17.5 Å². The third kappa shape index (κ3) is 4.06. The minimum absolute atomic E-state index is 0.116. The second-order valence-electron chi connectivity index (χ2n) is 6.12. The summed E-state index contributed by atoms with van der Waals surface area (Å²) < 4.78 is 44.6. The van der Waals surface area contributed by atoms with Gasteiger partial charge in [0.1, 0.15) is 4.90 Å². The third-order valence-electron chi connectivity index (χ3n) is 4.33. The number of nitrogens with zero attached hydrogens (tertiary/aromatic N) is 4. The molecular formula is C20H20N4O5S. The van der Waals surface area contributed by atoms with Gasteiger partial charge in [-0.25, -0.2) is 5.01 Å². The normalized spacial score (nSPS) is 14.0. The van der Waals surface area contributed by atoms with E-state index in [1.54, 1.807) is 30.3 Å². The van der Waals surface area contributed by atoms with Crippen molar-refractivity contribution < 1.29 is 22.6 Å². The summed E-state index contributed by atoms with van der Waals surface area (Å²) in [7, 11) is 0.716. The van der Waals surface area contributed by atoms with E-state index in [2.05, 4.69) is 9.50 Å². The molecule has 0 saturated carbocycles. The molecule has 156 valence electrons. The Balaban J connectivity index is 2.01. The lowest BCUT2D eigenvalue weighted by molar-refractivity contribution is 0.324. The van der Waals surface area contributed by atoms with E-state index in [0.717, 1.165) is 0 Å². The summed E-state index contributed by atoms with van der Waals surface area (Å²) in [6, 6.07) is 12.0. The van der Waals surface area contributed by atoms with Gasteiger partial charge >= 0.3 is 0 Å². The van der Waals surface area contributed by atoms with E-state index in [0.29, 0.717) is 28.4 Å². The lowest BCUT2D eigenvalue weighted by atomic mass is 10.2. The summed E-state index contributed by atoms with van der Waals surface area (Å²) in [4.78, 5) is 0.116. The average molecular weight is 428 g/mol. The minimum Gasteiger partial charge on any atom is -0.493 e. The van der Waals surface area contributed by atoms with Crippen molar-refractivity contribution in [2.24, 2.45) is 9.50 Å². The number of fused-ring (bicyclic) bond motifs is 1. The molecule has 1 aliphatic rings. The average Bonchev–Trinajstić information content (AvgIpc) is 3.04. The molecule has 1 heterocycles. The number of nitriles is 1. The Morgan fingerprint density at radius 3 is 2.40 bits per heavy atom. The summed E-state index contributed by atoms with van der Waals surface area (Å²) in [6.07, 6.45) is 1.64. The van der Waals surface area contributed by atoms with E-state index < -0.39 is 10.0 Å². The number of hydrogen-bond acceptors (Lipinski definition) is 8. The number of benzene rings is 2. The van der Waals surface area contributed by atoms with E-state index in [1.165, 1.54) is 38.6 Å². The summed E-state index contributed by atoms with van der Waals surface area (Å²) in [5, 5.41) is 14.8. The van der Waals surface area contributed by atoms with Crippen molar-refractivity contribution >= 4 is 22.1 Å². The molecule has 2 aromatic carbocycles. The van der Waals surface area contributed by atoms with Crippen LogP contribution in [0.25, 0.3) is 0 Å². The SMILES string of the molecule is COc1cc(/C=N/N(CCC#N)C2=NS(=O)(=O)c3ccccc32)cc(OC)c1OC. The quantitative estimate of drug-likeness (QED) is 0.491. The van der Waals surface area contributed by atoms with Crippen LogP contribution in [0, 0.1) is 11.3 Å². The van der Waals surface area contributed by atoms with Crippen LogP contribution in [-0.2, 0) is 10.0 Å². The number of hydrazone groups is 1. The third-order valence-corrected chi connectivity index (χ3v) is 5.65. The van der Waals surface area contributed by atoms with Gasteiger partial charge in [-0.2, -0.15) is 18.8 Å². The Hall–Kier alpha value is -3.58. The molecule has 0 fully saturated rings. The van der Waals surface area contributed by atoms with Gasteiger partial charge in [-0.1, -0.05) is 12.1 Å². The second kappa shape index (κ2) is 8.84. The number of hydrogen-bond donors (Lipinski definition) is 0. The molecule has 9 nitrogen and oxygen atoms in total. The number of rotatable bonds is 7. The van der Waals surface area contributed by atoms with Crippen LogP contribution in [0.3, 0.4) is 0 Å². The fourth-order valence-corrected chi connectivity index (χ4v) is 4.17. The van der Waals surface area contributed by atoms with Crippen molar-refractivity contribution in [3.8, 4) is 23.3 Å². The molecule has 0 unspecified atom stereocenters. The number of sulfonamides is 1. The molecule has 1 aliphatic heterocycles.